The third-order valence-electron chi connectivity index (χ3n) is 4.13. The van der Waals surface area contributed by atoms with E-state index in [4.69, 9.17) is 27.0 Å². The van der Waals surface area contributed by atoms with Gasteiger partial charge >= 0.3 is 0 Å². The van der Waals surface area contributed by atoms with Crippen LogP contribution in [-0.4, -0.2) is 20.3 Å². The number of nitriles is 1. The highest BCUT2D eigenvalue weighted by Crippen LogP contribution is 2.39. The van der Waals surface area contributed by atoms with Gasteiger partial charge in [-0.25, -0.2) is 0 Å². The SMILES string of the molecule is CC(C)(CBr)[Si](C)(C)OCCc1cc(Cl)c(N)c(C#N)c1. The highest BCUT2D eigenvalue weighted by atomic mass is 79.9. The molecule has 0 heterocycles. The van der Waals surface area contributed by atoms with Crippen LogP contribution in [0.15, 0.2) is 12.1 Å². The number of nitrogens with zero attached hydrogens (tertiary/aromatic N) is 1. The fraction of sp³-hybridized carbons (Fsp3) is 0.533. The van der Waals surface area contributed by atoms with Crippen molar-refractivity contribution in [2.75, 3.05) is 17.7 Å². The molecule has 1 rings (SSSR count). The van der Waals surface area contributed by atoms with Crippen molar-refractivity contribution in [2.45, 2.75) is 38.4 Å². The summed E-state index contributed by atoms with van der Waals surface area (Å²) >= 11 is 9.61. The van der Waals surface area contributed by atoms with Gasteiger partial charge in [0.2, 0.25) is 0 Å². The van der Waals surface area contributed by atoms with Crippen molar-refractivity contribution < 1.29 is 4.43 Å². The third-order valence-corrected chi connectivity index (χ3v) is 10.7. The molecule has 0 aliphatic rings. The standard InChI is InChI=1S/C15H22BrClN2OSi/c1-15(2,10-16)21(3,4)20-6-5-11-7-12(9-18)14(19)13(17)8-11/h7-8H,5-6,10,19H2,1-4H3. The van der Waals surface area contributed by atoms with Crippen molar-refractivity contribution in [1.29, 1.82) is 5.26 Å². The molecule has 0 aromatic heterocycles. The second kappa shape index (κ2) is 7.15. The predicted molar refractivity (Wildman–Crippen MR) is 95.6 cm³/mol. The van der Waals surface area contributed by atoms with Gasteiger partial charge in [-0.05, 0) is 42.2 Å². The van der Waals surface area contributed by atoms with Gasteiger partial charge in [0.25, 0.3) is 0 Å². The van der Waals surface area contributed by atoms with E-state index in [2.05, 4.69) is 48.9 Å². The summed E-state index contributed by atoms with van der Waals surface area (Å²) < 4.78 is 6.18. The van der Waals surface area contributed by atoms with Gasteiger partial charge in [0, 0.05) is 11.9 Å². The minimum absolute atomic E-state index is 0.156. The Morgan fingerprint density at radius 1 is 1.43 bits per heavy atom. The summed E-state index contributed by atoms with van der Waals surface area (Å²) in [6.07, 6.45) is 0.726. The zero-order valence-corrected chi connectivity index (χ0v) is 16.3. The zero-order valence-electron chi connectivity index (χ0n) is 13.0. The van der Waals surface area contributed by atoms with Gasteiger partial charge < -0.3 is 10.2 Å². The monoisotopic (exact) mass is 388 g/mol. The van der Waals surface area contributed by atoms with Gasteiger partial charge in [0.05, 0.1) is 16.3 Å². The molecule has 0 unspecified atom stereocenters. The van der Waals surface area contributed by atoms with E-state index in [0.717, 1.165) is 17.3 Å². The first-order chi connectivity index (χ1) is 9.64. The molecule has 21 heavy (non-hydrogen) atoms. The fourth-order valence-corrected chi connectivity index (χ4v) is 5.28. The van der Waals surface area contributed by atoms with Crippen molar-refractivity contribution in [3.8, 4) is 6.07 Å². The molecule has 0 atom stereocenters. The molecule has 0 aliphatic heterocycles. The summed E-state index contributed by atoms with van der Waals surface area (Å²) in [5, 5.41) is 10.6. The molecule has 0 fully saturated rings. The van der Waals surface area contributed by atoms with E-state index in [1.54, 1.807) is 6.07 Å². The van der Waals surface area contributed by atoms with E-state index in [0.29, 0.717) is 22.9 Å². The van der Waals surface area contributed by atoms with Crippen LogP contribution < -0.4 is 5.73 Å². The number of anilines is 1. The average molecular weight is 390 g/mol. The second-order valence-corrected chi connectivity index (χ2v) is 11.9. The van der Waals surface area contributed by atoms with Crippen molar-refractivity contribution in [3.63, 3.8) is 0 Å². The number of hydrogen-bond acceptors (Lipinski definition) is 3. The van der Waals surface area contributed by atoms with Crippen molar-refractivity contribution in [1.82, 2.24) is 0 Å². The van der Waals surface area contributed by atoms with Crippen LogP contribution in [0.3, 0.4) is 0 Å². The topological polar surface area (TPSA) is 59.0 Å². The van der Waals surface area contributed by atoms with E-state index < -0.39 is 8.32 Å². The van der Waals surface area contributed by atoms with Gasteiger partial charge in [-0.2, -0.15) is 5.26 Å². The molecule has 6 heteroatoms. The van der Waals surface area contributed by atoms with Crippen molar-refractivity contribution in [2.24, 2.45) is 0 Å². The first-order valence-corrected chi connectivity index (χ1v) is 11.2. The average Bonchev–Trinajstić information content (AvgIpc) is 2.42. The summed E-state index contributed by atoms with van der Waals surface area (Å²) in [7, 11) is -1.80. The van der Waals surface area contributed by atoms with E-state index in [1.807, 2.05) is 6.07 Å². The minimum atomic E-state index is -1.80. The Morgan fingerprint density at radius 3 is 2.57 bits per heavy atom. The van der Waals surface area contributed by atoms with Gasteiger partial charge in [0.1, 0.15) is 6.07 Å². The Kier molecular flexibility index (Phi) is 6.30. The van der Waals surface area contributed by atoms with E-state index >= 15 is 0 Å². The quantitative estimate of drug-likeness (QED) is 0.434. The molecule has 0 spiro atoms. The van der Waals surface area contributed by atoms with Crippen LogP contribution >= 0.6 is 27.5 Å². The van der Waals surface area contributed by atoms with E-state index in [-0.39, 0.29) is 5.04 Å². The molecule has 0 bridgehead atoms. The first-order valence-electron chi connectivity index (χ1n) is 6.82. The van der Waals surface area contributed by atoms with Gasteiger partial charge in [-0.3, -0.25) is 0 Å². The predicted octanol–water partition coefficient (Wildman–Crippen LogP) is 4.73. The van der Waals surface area contributed by atoms with Crippen molar-refractivity contribution >= 4 is 41.5 Å². The van der Waals surface area contributed by atoms with Crippen LogP contribution in [0.4, 0.5) is 5.69 Å². The van der Waals surface area contributed by atoms with Crippen LogP contribution in [-0.2, 0) is 10.8 Å². The molecule has 1 aromatic carbocycles. The summed E-state index contributed by atoms with van der Waals surface area (Å²) in [6.45, 7) is 9.53. The summed E-state index contributed by atoms with van der Waals surface area (Å²) in [5.74, 6) is 0. The molecule has 0 radical (unpaired) electrons. The van der Waals surface area contributed by atoms with E-state index in [1.165, 1.54) is 0 Å². The van der Waals surface area contributed by atoms with Crippen LogP contribution in [0.2, 0.25) is 23.2 Å². The lowest BCUT2D eigenvalue weighted by molar-refractivity contribution is 0.293. The molecule has 116 valence electrons. The Labute approximate surface area is 141 Å². The number of halogens is 2. The molecular weight excluding hydrogens is 368 g/mol. The Balaban J connectivity index is 2.74. The molecule has 3 nitrogen and oxygen atoms in total. The number of nitrogen functional groups attached to an aromatic ring is 1. The van der Waals surface area contributed by atoms with Gasteiger partial charge in [0.15, 0.2) is 8.32 Å². The smallest absolute Gasteiger partial charge is 0.193 e. The van der Waals surface area contributed by atoms with Crippen molar-refractivity contribution in [3.05, 3.63) is 28.3 Å². The lowest BCUT2D eigenvalue weighted by Gasteiger charge is -2.38. The number of rotatable bonds is 6. The molecule has 1 aromatic rings. The van der Waals surface area contributed by atoms with Crippen LogP contribution in [0, 0.1) is 11.3 Å². The van der Waals surface area contributed by atoms with Gasteiger partial charge in [-0.15, -0.1) is 0 Å². The highest BCUT2D eigenvalue weighted by Gasteiger charge is 2.40. The molecule has 2 N–H and O–H groups in total. The van der Waals surface area contributed by atoms with E-state index in [9.17, 15) is 0 Å². The Hall–Kier alpha value is -0.543. The van der Waals surface area contributed by atoms with Gasteiger partial charge in [-0.1, -0.05) is 41.4 Å². The summed E-state index contributed by atoms with van der Waals surface area (Å²) in [6, 6.07) is 5.67. The maximum Gasteiger partial charge on any atom is 0.193 e. The maximum atomic E-state index is 9.04. The van der Waals surface area contributed by atoms with Crippen LogP contribution in [0.25, 0.3) is 0 Å². The summed E-state index contributed by atoms with van der Waals surface area (Å²) in [5.41, 5.74) is 7.50. The number of hydrogen-bond donors (Lipinski definition) is 1. The number of benzene rings is 1. The second-order valence-electron chi connectivity index (χ2n) is 6.28. The normalized spacial score (nSPS) is 12.2. The number of alkyl halides is 1. The van der Waals surface area contributed by atoms with Crippen LogP contribution in [0.5, 0.6) is 0 Å². The number of nitrogens with two attached hydrogens (primary N) is 1. The third kappa shape index (κ3) is 4.46. The lowest BCUT2D eigenvalue weighted by atomic mass is 10.1. The zero-order chi connectivity index (χ0) is 16.3. The maximum absolute atomic E-state index is 9.04. The largest absolute Gasteiger partial charge is 0.416 e. The molecule has 0 aliphatic carbocycles. The molecule has 0 saturated carbocycles. The molecule has 0 saturated heterocycles. The highest BCUT2D eigenvalue weighted by molar-refractivity contribution is 9.09. The lowest BCUT2D eigenvalue weighted by Crippen LogP contribution is -2.43. The first kappa shape index (κ1) is 18.5. The Bertz CT molecular complexity index is 555. The Morgan fingerprint density at radius 2 is 2.05 bits per heavy atom. The molecular formula is C15H22BrClN2OSi. The minimum Gasteiger partial charge on any atom is -0.416 e. The molecule has 0 amide bonds. The summed E-state index contributed by atoms with van der Waals surface area (Å²) in [4.78, 5) is 0. The van der Waals surface area contributed by atoms with Crippen LogP contribution in [0.1, 0.15) is 25.0 Å². The fourth-order valence-electron chi connectivity index (χ4n) is 1.69.